The van der Waals surface area contributed by atoms with Gasteiger partial charge in [0, 0.05) is 16.6 Å². The van der Waals surface area contributed by atoms with E-state index in [0.717, 1.165) is 11.8 Å². The van der Waals surface area contributed by atoms with Crippen LogP contribution in [-0.2, 0) is 4.79 Å². The normalized spacial score (nSPS) is 11.7. The lowest BCUT2D eigenvalue weighted by molar-refractivity contribution is -0.117. The van der Waals surface area contributed by atoms with Crippen molar-refractivity contribution in [2.24, 2.45) is 0 Å². The molecule has 2 N–H and O–H groups in total. The number of hydrogen-bond acceptors (Lipinski definition) is 5. The van der Waals surface area contributed by atoms with Gasteiger partial charge in [-0.3, -0.25) is 19.5 Å². The van der Waals surface area contributed by atoms with Gasteiger partial charge in [-0.1, -0.05) is 23.4 Å². The van der Waals surface area contributed by atoms with Gasteiger partial charge in [0.05, 0.1) is 16.7 Å². The van der Waals surface area contributed by atoms with Gasteiger partial charge in [-0.25, -0.2) is 9.78 Å². The lowest BCUT2D eigenvalue weighted by Gasteiger charge is -2.20. The van der Waals surface area contributed by atoms with Gasteiger partial charge in [0.2, 0.25) is 5.91 Å². The van der Waals surface area contributed by atoms with Gasteiger partial charge in [-0.15, -0.1) is 0 Å². The van der Waals surface area contributed by atoms with Crippen molar-refractivity contribution >= 4 is 46.2 Å². The van der Waals surface area contributed by atoms with E-state index in [4.69, 9.17) is 11.6 Å². The second-order valence-electron chi connectivity index (χ2n) is 7.37. The van der Waals surface area contributed by atoms with Crippen molar-refractivity contribution in [3.8, 4) is 0 Å². The summed E-state index contributed by atoms with van der Waals surface area (Å²) in [6, 6.07) is 4.20. The number of nitrogens with zero attached hydrogens (tertiary/aromatic N) is 2. The van der Waals surface area contributed by atoms with Gasteiger partial charge in [-0.05, 0) is 52.8 Å². The molecular formula is C18H23ClN4O3S. The highest BCUT2D eigenvalue weighted by atomic mass is 35.5. The number of amides is 3. The van der Waals surface area contributed by atoms with Gasteiger partial charge in [0.1, 0.15) is 0 Å². The number of thioether (sulfide) groups is 1. The van der Waals surface area contributed by atoms with Crippen LogP contribution in [0.1, 0.15) is 40.7 Å². The molecule has 0 unspecified atom stereocenters. The van der Waals surface area contributed by atoms with Crippen LogP contribution in [0.4, 0.5) is 4.79 Å². The predicted molar refractivity (Wildman–Crippen MR) is 109 cm³/mol. The number of nitrogens with one attached hydrogen (secondary N) is 2. The minimum absolute atomic E-state index is 0.0528. The molecule has 146 valence electrons. The molecule has 0 fully saturated rings. The van der Waals surface area contributed by atoms with Crippen LogP contribution in [0.2, 0.25) is 5.02 Å². The lowest BCUT2D eigenvalue weighted by Crippen LogP contribution is -2.48. The van der Waals surface area contributed by atoms with Crippen LogP contribution in [0.3, 0.4) is 0 Å². The summed E-state index contributed by atoms with van der Waals surface area (Å²) in [5.41, 5.74) is -0.174. The summed E-state index contributed by atoms with van der Waals surface area (Å²) in [6.07, 6.45) is 0. The summed E-state index contributed by atoms with van der Waals surface area (Å²) in [5.74, 6) is -0.527. The number of hydrogen-bond donors (Lipinski definition) is 2. The largest absolute Gasteiger partial charge is 0.333 e. The van der Waals surface area contributed by atoms with Gasteiger partial charge in [-0.2, -0.15) is 0 Å². The summed E-state index contributed by atoms with van der Waals surface area (Å²) >= 11 is 7.09. The number of carbonyl (C=O) groups excluding carboxylic acids is 2. The van der Waals surface area contributed by atoms with Crippen molar-refractivity contribution in [2.75, 3.05) is 5.75 Å². The highest BCUT2D eigenvalue weighted by Crippen LogP contribution is 2.22. The van der Waals surface area contributed by atoms with E-state index in [1.807, 2.05) is 34.6 Å². The fraction of sp³-hybridized carbons (Fsp3) is 0.444. The number of benzene rings is 1. The summed E-state index contributed by atoms with van der Waals surface area (Å²) in [7, 11) is 0. The molecule has 1 aromatic heterocycles. The molecule has 0 radical (unpaired) electrons. The molecule has 3 amide bonds. The Balaban J connectivity index is 2.22. The summed E-state index contributed by atoms with van der Waals surface area (Å²) in [5, 5.41) is 6.26. The average Bonchev–Trinajstić information content (AvgIpc) is 2.50. The maximum atomic E-state index is 12.8. The highest BCUT2D eigenvalue weighted by molar-refractivity contribution is 7.99. The maximum Gasteiger partial charge on any atom is 0.321 e. The zero-order valence-electron chi connectivity index (χ0n) is 15.9. The number of halogens is 1. The van der Waals surface area contributed by atoms with Crippen LogP contribution in [0, 0.1) is 0 Å². The maximum absolute atomic E-state index is 12.8. The molecule has 0 aliphatic rings. The van der Waals surface area contributed by atoms with Crippen molar-refractivity contribution in [2.45, 2.75) is 51.4 Å². The first-order valence-corrected chi connectivity index (χ1v) is 9.81. The zero-order valence-corrected chi connectivity index (χ0v) is 17.5. The molecule has 0 aliphatic carbocycles. The Bertz CT molecular complexity index is 935. The topological polar surface area (TPSA) is 93.1 Å². The van der Waals surface area contributed by atoms with Gasteiger partial charge >= 0.3 is 6.03 Å². The van der Waals surface area contributed by atoms with Gasteiger partial charge in [0.25, 0.3) is 5.56 Å². The van der Waals surface area contributed by atoms with Crippen molar-refractivity contribution in [3.05, 3.63) is 33.6 Å². The fourth-order valence-electron chi connectivity index (χ4n) is 2.37. The monoisotopic (exact) mass is 410 g/mol. The number of rotatable bonds is 4. The summed E-state index contributed by atoms with van der Waals surface area (Å²) in [4.78, 5) is 41.1. The van der Waals surface area contributed by atoms with E-state index in [-0.39, 0.29) is 17.4 Å². The van der Waals surface area contributed by atoms with Crippen molar-refractivity contribution in [1.82, 2.24) is 20.2 Å². The SMILES string of the molecule is CC(C)n1c(SCC(=O)NC(=O)NC(C)(C)C)nc2cc(Cl)ccc2c1=O. The van der Waals surface area contributed by atoms with Crippen LogP contribution in [0.5, 0.6) is 0 Å². The van der Waals surface area contributed by atoms with Crippen LogP contribution < -0.4 is 16.2 Å². The van der Waals surface area contributed by atoms with E-state index < -0.39 is 17.5 Å². The molecule has 2 aromatic rings. The van der Waals surface area contributed by atoms with E-state index in [1.54, 1.807) is 18.2 Å². The van der Waals surface area contributed by atoms with Crippen LogP contribution in [-0.4, -0.2) is 32.8 Å². The van der Waals surface area contributed by atoms with E-state index in [0.29, 0.717) is 21.1 Å². The Morgan fingerprint density at radius 2 is 1.96 bits per heavy atom. The molecule has 27 heavy (non-hydrogen) atoms. The Kier molecular flexibility index (Phi) is 6.54. The first-order valence-electron chi connectivity index (χ1n) is 8.44. The molecule has 7 nitrogen and oxygen atoms in total. The summed E-state index contributed by atoms with van der Waals surface area (Å²) in [6.45, 7) is 9.18. The molecule has 0 atom stereocenters. The molecule has 0 aliphatic heterocycles. The van der Waals surface area contributed by atoms with E-state index in [9.17, 15) is 14.4 Å². The smallest absolute Gasteiger partial charge is 0.321 e. The van der Waals surface area contributed by atoms with Crippen LogP contribution in [0.25, 0.3) is 10.9 Å². The summed E-state index contributed by atoms with van der Waals surface area (Å²) < 4.78 is 1.53. The standard InChI is InChI=1S/C18H23ClN4O3S/c1-10(2)23-15(25)12-7-6-11(19)8-13(12)20-17(23)27-9-14(24)21-16(26)22-18(3,4)5/h6-8,10H,9H2,1-5H3,(H2,21,22,24,26). The van der Waals surface area contributed by atoms with Crippen molar-refractivity contribution in [3.63, 3.8) is 0 Å². The fourth-order valence-corrected chi connectivity index (χ4v) is 3.47. The Hall–Kier alpha value is -2.06. The molecular weight excluding hydrogens is 388 g/mol. The number of imide groups is 1. The Morgan fingerprint density at radius 1 is 1.30 bits per heavy atom. The van der Waals surface area contributed by atoms with Crippen molar-refractivity contribution in [1.29, 1.82) is 0 Å². The lowest BCUT2D eigenvalue weighted by atomic mass is 10.1. The number of aromatic nitrogens is 2. The third-order valence-electron chi connectivity index (χ3n) is 3.42. The van der Waals surface area contributed by atoms with E-state index in [2.05, 4.69) is 15.6 Å². The minimum atomic E-state index is -0.562. The first kappa shape index (κ1) is 21.2. The van der Waals surface area contributed by atoms with Crippen molar-refractivity contribution < 1.29 is 9.59 Å². The number of urea groups is 1. The van der Waals surface area contributed by atoms with E-state index >= 15 is 0 Å². The average molecular weight is 411 g/mol. The molecule has 2 rings (SSSR count). The Labute approximate surface area is 166 Å². The minimum Gasteiger partial charge on any atom is -0.333 e. The molecule has 0 saturated carbocycles. The first-order chi connectivity index (χ1) is 12.5. The molecule has 0 bridgehead atoms. The third-order valence-corrected chi connectivity index (χ3v) is 4.61. The second kappa shape index (κ2) is 8.31. The quantitative estimate of drug-likeness (QED) is 0.595. The highest BCUT2D eigenvalue weighted by Gasteiger charge is 2.18. The molecule has 1 aromatic carbocycles. The Morgan fingerprint density at radius 3 is 2.56 bits per heavy atom. The number of carbonyl (C=O) groups is 2. The van der Waals surface area contributed by atoms with Crippen LogP contribution in [0.15, 0.2) is 28.2 Å². The molecule has 0 spiro atoms. The van der Waals surface area contributed by atoms with Crippen LogP contribution >= 0.6 is 23.4 Å². The number of fused-ring (bicyclic) bond motifs is 1. The predicted octanol–water partition coefficient (Wildman–Crippen LogP) is 3.35. The van der Waals surface area contributed by atoms with E-state index in [1.165, 1.54) is 4.57 Å². The molecule has 1 heterocycles. The van der Waals surface area contributed by atoms with Gasteiger partial charge < -0.3 is 5.32 Å². The molecule has 0 saturated heterocycles. The third kappa shape index (κ3) is 5.71. The zero-order chi connectivity index (χ0) is 20.4. The second-order valence-corrected chi connectivity index (χ2v) is 8.74. The van der Waals surface area contributed by atoms with Gasteiger partial charge in [0.15, 0.2) is 5.16 Å². The molecule has 9 heteroatoms.